The molecule has 3 aromatic rings. The molecule has 3 aromatic carbocycles. The Balaban J connectivity index is 1.38. The number of rotatable bonds is 8. The van der Waals surface area contributed by atoms with Crippen LogP contribution < -0.4 is 20.3 Å². The molecule has 3 amide bonds. The molecule has 0 aliphatic carbocycles. The summed E-state index contributed by atoms with van der Waals surface area (Å²) >= 11 is 0. The summed E-state index contributed by atoms with van der Waals surface area (Å²) in [6, 6.07) is 22.7. The van der Waals surface area contributed by atoms with Gasteiger partial charge >= 0.3 is 6.03 Å². The SMILES string of the molecule is CCCCOc1ccc(NC(=O)Nc2ccc3c(c2)CCC(=O)N3Cc2ccccc2)cc1. The third-order valence-electron chi connectivity index (χ3n) is 5.60. The van der Waals surface area contributed by atoms with Crippen LogP contribution in [0.2, 0.25) is 0 Å². The minimum atomic E-state index is -0.317. The highest BCUT2D eigenvalue weighted by molar-refractivity contribution is 6.01. The van der Waals surface area contributed by atoms with Crippen LogP contribution in [0.5, 0.6) is 5.75 Å². The second-order valence-corrected chi connectivity index (χ2v) is 8.11. The molecule has 1 aliphatic heterocycles. The lowest BCUT2D eigenvalue weighted by Gasteiger charge is -2.30. The molecule has 0 aromatic heterocycles. The lowest BCUT2D eigenvalue weighted by atomic mass is 9.99. The number of ether oxygens (including phenoxy) is 1. The Bertz CT molecular complexity index is 1100. The summed E-state index contributed by atoms with van der Waals surface area (Å²) < 4.78 is 5.65. The summed E-state index contributed by atoms with van der Waals surface area (Å²) in [4.78, 5) is 26.9. The molecule has 2 N–H and O–H groups in total. The first-order chi connectivity index (χ1) is 16.1. The van der Waals surface area contributed by atoms with Crippen molar-refractivity contribution in [3.8, 4) is 5.75 Å². The minimum Gasteiger partial charge on any atom is -0.494 e. The average Bonchev–Trinajstić information content (AvgIpc) is 2.83. The van der Waals surface area contributed by atoms with Gasteiger partial charge in [-0.25, -0.2) is 4.79 Å². The summed E-state index contributed by atoms with van der Waals surface area (Å²) in [6.07, 6.45) is 3.23. The molecular weight excluding hydrogens is 414 g/mol. The van der Waals surface area contributed by atoms with E-state index in [1.807, 2.05) is 77.7 Å². The van der Waals surface area contributed by atoms with Crippen molar-refractivity contribution in [1.29, 1.82) is 0 Å². The van der Waals surface area contributed by atoms with Crippen molar-refractivity contribution in [2.24, 2.45) is 0 Å². The number of anilines is 3. The molecule has 1 heterocycles. The van der Waals surface area contributed by atoms with Crippen LogP contribution in [0.4, 0.5) is 21.9 Å². The van der Waals surface area contributed by atoms with Gasteiger partial charge in [0.25, 0.3) is 0 Å². The molecule has 1 aliphatic rings. The second-order valence-electron chi connectivity index (χ2n) is 8.11. The van der Waals surface area contributed by atoms with Crippen LogP contribution in [0.15, 0.2) is 72.8 Å². The number of unbranched alkanes of at least 4 members (excludes halogenated alkanes) is 1. The largest absolute Gasteiger partial charge is 0.494 e. The van der Waals surface area contributed by atoms with Crippen molar-refractivity contribution in [3.05, 3.63) is 83.9 Å². The quantitative estimate of drug-likeness (QED) is 0.420. The molecular formula is C27H29N3O3. The Morgan fingerprint density at radius 1 is 0.939 bits per heavy atom. The molecule has 33 heavy (non-hydrogen) atoms. The third-order valence-corrected chi connectivity index (χ3v) is 5.60. The van der Waals surface area contributed by atoms with E-state index in [2.05, 4.69) is 17.6 Å². The third kappa shape index (κ3) is 5.92. The fourth-order valence-electron chi connectivity index (χ4n) is 3.84. The first-order valence-corrected chi connectivity index (χ1v) is 11.4. The highest BCUT2D eigenvalue weighted by Gasteiger charge is 2.24. The van der Waals surface area contributed by atoms with Crippen LogP contribution in [-0.2, 0) is 17.8 Å². The first-order valence-electron chi connectivity index (χ1n) is 11.4. The van der Waals surface area contributed by atoms with Crippen LogP contribution in [0, 0.1) is 0 Å². The number of carbonyl (C=O) groups excluding carboxylic acids is 2. The summed E-state index contributed by atoms with van der Waals surface area (Å²) in [5.74, 6) is 0.908. The highest BCUT2D eigenvalue weighted by Crippen LogP contribution is 2.31. The van der Waals surface area contributed by atoms with E-state index in [1.54, 1.807) is 0 Å². The van der Waals surface area contributed by atoms with Gasteiger partial charge in [-0.1, -0.05) is 43.7 Å². The van der Waals surface area contributed by atoms with Gasteiger partial charge in [0.05, 0.1) is 13.2 Å². The number of aryl methyl sites for hydroxylation is 1. The van der Waals surface area contributed by atoms with Gasteiger partial charge in [-0.3, -0.25) is 4.79 Å². The summed E-state index contributed by atoms with van der Waals surface area (Å²) in [5.41, 5.74) is 4.42. The van der Waals surface area contributed by atoms with Gasteiger partial charge in [-0.2, -0.15) is 0 Å². The van der Waals surface area contributed by atoms with Gasteiger partial charge in [-0.05, 0) is 66.4 Å². The molecule has 0 atom stereocenters. The Morgan fingerprint density at radius 2 is 1.67 bits per heavy atom. The van der Waals surface area contributed by atoms with E-state index in [9.17, 15) is 9.59 Å². The zero-order valence-electron chi connectivity index (χ0n) is 18.8. The van der Waals surface area contributed by atoms with Gasteiger partial charge in [0.2, 0.25) is 5.91 Å². The predicted molar refractivity (Wildman–Crippen MR) is 132 cm³/mol. The van der Waals surface area contributed by atoms with Crippen molar-refractivity contribution < 1.29 is 14.3 Å². The topological polar surface area (TPSA) is 70.7 Å². The maximum Gasteiger partial charge on any atom is 0.323 e. The Hall–Kier alpha value is -3.80. The lowest BCUT2D eigenvalue weighted by molar-refractivity contribution is -0.119. The number of hydrogen-bond donors (Lipinski definition) is 2. The summed E-state index contributed by atoms with van der Waals surface area (Å²) in [6.45, 7) is 3.35. The van der Waals surface area contributed by atoms with Crippen LogP contribution in [0.3, 0.4) is 0 Å². The molecule has 0 spiro atoms. The minimum absolute atomic E-state index is 0.118. The standard InChI is InChI=1S/C27H29N3O3/c1-2-3-17-33-24-13-10-22(11-14-24)28-27(32)29-23-12-15-25-21(18-23)9-16-26(31)30(25)19-20-7-5-4-6-8-20/h4-8,10-15,18H,2-3,9,16-17,19H2,1H3,(H2,28,29,32). The maximum atomic E-state index is 12.6. The lowest BCUT2D eigenvalue weighted by Crippen LogP contribution is -2.34. The van der Waals surface area contributed by atoms with Crippen LogP contribution in [-0.4, -0.2) is 18.5 Å². The van der Waals surface area contributed by atoms with Crippen molar-refractivity contribution >= 4 is 29.0 Å². The average molecular weight is 444 g/mol. The van der Waals surface area contributed by atoms with Crippen molar-refractivity contribution in [2.75, 3.05) is 22.1 Å². The number of fused-ring (bicyclic) bond motifs is 1. The zero-order valence-corrected chi connectivity index (χ0v) is 18.8. The molecule has 6 nitrogen and oxygen atoms in total. The van der Waals surface area contributed by atoms with E-state index in [4.69, 9.17) is 4.74 Å². The Morgan fingerprint density at radius 3 is 2.42 bits per heavy atom. The van der Waals surface area contributed by atoms with Crippen molar-refractivity contribution in [2.45, 2.75) is 39.2 Å². The molecule has 0 saturated heterocycles. The number of urea groups is 1. The van der Waals surface area contributed by atoms with Gasteiger partial charge in [0.15, 0.2) is 0 Å². The van der Waals surface area contributed by atoms with Gasteiger partial charge in [-0.15, -0.1) is 0 Å². The number of hydrogen-bond acceptors (Lipinski definition) is 3. The smallest absolute Gasteiger partial charge is 0.323 e. The number of amides is 3. The second kappa shape index (κ2) is 10.7. The molecule has 0 fully saturated rings. The number of carbonyl (C=O) groups is 2. The molecule has 6 heteroatoms. The van der Waals surface area contributed by atoms with Crippen LogP contribution in [0.1, 0.15) is 37.3 Å². The fraction of sp³-hybridized carbons (Fsp3) is 0.259. The number of nitrogens with zero attached hydrogens (tertiary/aromatic N) is 1. The highest BCUT2D eigenvalue weighted by atomic mass is 16.5. The summed E-state index contributed by atoms with van der Waals surface area (Å²) in [7, 11) is 0. The zero-order chi connectivity index (χ0) is 23.0. The van der Waals surface area contributed by atoms with E-state index >= 15 is 0 Å². The van der Waals surface area contributed by atoms with E-state index < -0.39 is 0 Å². The van der Waals surface area contributed by atoms with Crippen LogP contribution in [0.25, 0.3) is 0 Å². The van der Waals surface area contributed by atoms with E-state index in [0.29, 0.717) is 37.4 Å². The number of nitrogens with one attached hydrogen (secondary N) is 2. The number of benzene rings is 3. The van der Waals surface area contributed by atoms with Gasteiger partial charge in [0.1, 0.15) is 5.75 Å². The predicted octanol–water partition coefficient (Wildman–Crippen LogP) is 5.99. The van der Waals surface area contributed by atoms with E-state index in [1.165, 1.54) is 0 Å². The molecule has 0 saturated carbocycles. The van der Waals surface area contributed by atoms with Crippen molar-refractivity contribution in [3.63, 3.8) is 0 Å². The van der Waals surface area contributed by atoms with Crippen molar-refractivity contribution in [1.82, 2.24) is 0 Å². The first kappa shape index (κ1) is 22.4. The Labute approximate surface area is 194 Å². The molecule has 170 valence electrons. The monoisotopic (exact) mass is 443 g/mol. The fourth-order valence-corrected chi connectivity index (χ4v) is 3.84. The maximum absolute atomic E-state index is 12.6. The molecule has 0 bridgehead atoms. The normalized spacial score (nSPS) is 12.8. The summed E-state index contributed by atoms with van der Waals surface area (Å²) in [5, 5.41) is 5.73. The molecule has 0 radical (unpaired) electrons. The van der Waals surface area contributed by atoms with Gasteiger partial charge < -0.3 is 20.3 Å². The van der Waals surface area contributed by atoms with E-state index in [0.717, 1.165) is 35.4 Å². The van der Waals surface area contributed by atoms with E-state index in [-0.39, 0.29) is 11.9 Å². The Kier molecular flexibility index (Phi) is 7.25. The van der Waals surface area contributed by atoms with Gasteiger partial charge in [0, 0.05) is 23.5 Å². The van der Waals surface area contributed by atoms with Crippen LogP contribution >= 0.6 is 0 Å². The molecule has 4 rings (SSSR count). The molecule has 0 unspecified atom stereocenters.